The quantitative estimate of drug-likeness (QED) is 0.0211. The third kappa shape index (κ3) is 56.2. The van der Waals surface area contributed by atoms with Crippen molar-refractivity contribution in [2.75, 3.05) is 47.5 Å². The van der Waals surface area contributed by atoms with Crippen molar-refractivity contribution in [3.8, 4) is 0 Å². The number of carbonyl (C=O) groups is 2. The highest BCUT2D eigenvalue weighted by Gasteiger charge is 2.27. The Bertz CT molecular complexity index is 1540. The van der Waals surface area contributed by atoms with E-state index in [1.165, 1.54) is 96.3 Å². The lowest BCUT2D eigenvalue weighted by Crippen LogP contribution is -2.37. The summed E-state index contributed by atoms with van der Waals surface area (Å²) in [6.07, 6.45) is 71.9. The molecule has 0 rings (SSSR count). The van der Waals surface area contributed by atoms with Gasteiger partial charge in [0.05, 0.1) is 27.7 Å². The maximum absolute atomic E-state index is 12.8. The molecule has 0 aliphatic carbocycles. The number of rotatable bonds is 52. The average molecular weight is 1030 g/mol. The zero-order valence-corrected chi connectivity index (χ0v) is 47.8. The Kier molecular flexibility index (Phi) is 50.5. The highest BCUT2D eigenvalue weighted by atomic mass is 31.2. The summed E-state index contributed by atoms with van der Waals surface area (Å²) in [5.74, 6) is -0.810. The van der Waals surface area contributed by atoms with Crippen molar-refractivity contribution in [3.05, 3.63) is 97.2 Å². The van der Waals surface area contributed by atoms with Crippen LogP contribution in [0.5, 0.6) is 0 Å². The third-order valence-corrected chi connectivity index (χ3v) is 13.1. The van der Waals surface area contributed by atoms with Crippen LogP contribution in [-0.4, -0.2) is 74.9 Å². The Labute approximate surface area is 443 Å². The molecule has 72 heavy (non-hydrogen) atoms. The maximum Gasteiger partial charge on any atom is 0.472 e. The number of ether oxygens (including phenoxy) is 2. The molecule has 9 nitrogen and oxygen atoms in total. The normalized spacial score (nSPS) is 14.0. The smallest absolute Gasteiger partial charge is 0.462 e. The molecule has 1 N–H and O–H groups in total. The molecule has 0 aromatic rings. The largest absolute Gasteiger partial charge is 0.472 e. The highest BCUT2D eigenvalue weighted by Crippen LogP contribution is 2.43. The van der Waals surface area contributed by atoms with Crippen LogP contribution in [0, 0.1) is 0 Å². The molecule has 2 atom stereocenters. The van der Waals surface area contributed by atoms with Crippen LogP contribution >= 0.6 is 7.82 Å². The van der Waals surface area contributed by atoms with Gasteiger partial charge in [-0.15, -0.1) is 0 Å². The molecule has 0 aromatic carbocycles. The van der Waals surface area contributed by atoms with Crippen molar-refractivity contribution in [3.63, 3.8) is 0 Å². The van der Waals surface area contributed by atoms with Gasteiger partial charge in [0, 0.05) is 12.8 Å². The van der Waals surface area contributed by atoms with Crippen LogP contribution in [0.15, 0.2) is 97.2 Å². The van der Waals surface area contributed by atoms with E-state index in [2.05, 4.69) is 111 Å². The van der Waals surface area contributed by atoms with Crippen molar-refractivity contribution in [1.29, 1.82) is 0 Å². The predicted octanol–water partition coefficient (Wildman–Crippen LogP) is 18.0. The lowest BCUT2D eigenvalue weighted by molar-refractivity contribution is -0.870. The van der Waals surface area contributed by atoms with E-state index in [-0.39, 0.29) is 32.0 Å². The number of unbranched alkanes of at least 4 members (excludes halogenated alkanes) is 22. The van der Waals surface area contributed by atoms with Gasteiger partial charge in [-0.05, 0) is 89.9 Å². The lowest BCUT2D eigenvalue weighted by Gasteiger charge is -2.24. The summed E-state index contributed by atoms with van der Waals surface area (Å²) in [6, 6.07) is 0. The Hall–Kier alpha value is -3.07. The van der Waals surface area contributed by atoms with Crippen LogP contribution < -0.4 is 0 Å². The Morgan fingerprint density at radius 1 is 0.431 bits per heavy atom. The zero-order valence-electron chi connectivity index (χ0n) is 46.9. The van der Waals surface area contributed by atoms with Crippen LogP contribution in [0.25, 0.3) is 0 Å². The summed E-state index contributed by atoms with van der Waals surface area (Å²) >= 11 is 0. The fourth-order valence-electron chi connectivity index (χ4n) is 7.70. The number of esters is 2. The van der Waals surface area contributed by atoms with Gasteiger partial charge in [-0.2, -0.15) is 0 Å². The van der Waals surface area contributed by atoms with Crippen molar-refractivity contribution < 1.29 is 42.1 Å². The van der Waals surface area contributed by atoms with E-state index < -0.39 is 26.5 Å². The van der Waals surface area contributed by atoms with Crippen molar-refractivity contribution >= 4 is 19.8 Å². The van der Waals surface area contributed by atoms with Gasteiger partial charge in [0.1, 0.15) is 19.8 Å². The van der Waals surface area contributed by atoms with Gasteiger partial charge < -0.3 is 18.9 Å². The van der Waals surface area contributed by atoms with Gasteiger partial charge in [-0.1, -0.05) is 227 Å². The molecule has 0 saturated carbocycles. The Morgan fingerprint density at radius 3 is 1.11 bits per heavy atom. The number of allylic oxidation sites excluding steroid dienone is 16. The second-order valence-corrected chi connectivity index (χ2v) is 21.7. The van der Waals surface area contributed by atoms with Crippen LogP contribution in [0.3, 0.4) is 0 Å². The van der Waals surface area contributed by atoms with E-state index in [9.17, 15) is 19.0 Å². The number of likely N-dealkylation sites (N-methyl/N-ethyl adjacent to an activating group) is 1. The number of nitrogens with zero attached hydrogens (tertiary/aromatic N) is 1. The summed E-state index contributed by atoms with van der Waals surface area (Å²) in [5.41, 5.74) is 0. The third-order valence-electron chi connectivity index (χ3n) is 12.1. The van der Waals surface area contributed by atoms with E-state index in [0.717, 1.165) is 103 Å². The molecule has 0 radical (unpaired) electrons. The summed E-state index contributed by atoms with van der Waals surface area (Å²) in [5, 5.41) is 0. The van der Waals surface area contributed by atoms with Crippen LogP contribution in [-0.2, 0) is 32.7 Å². The minimum absolute atomic E-state index is 0.0263. The van der Waals surface area contributed by atoms with Crippen molar-refractivity contribution in [2.45, 2.75) is 238 Å². The summed E-state index contributed by atoms with van der Waals surface area (Å²) in [7, 11) is 1.46. The van der Waals surface area contributed by atoms with E-state index in [1.54, 1.807) is 0 Å². The molecule has 0 amide bonds. The number of hydrogen-bond acceptors (Lipinski definition) is 7. The molecule has 0 heterocycles. The minimum atomic E-state index is -4.39. The van der Waals surface area contributed by atoms with Crippen LogP contribution in [0.4, 0.5) is 0 Å². The topological polar surface area (TPSA) is 108 Å². The second kappa shape index (κ2) is 52.8. The van der Waals surface area contributed by atoms with Gasteiger partial charge in [0.25, 0.3) is 0 Å². The zero-order chi connectivity index (χ0) is 52.7. The molecule has 0 saturated heterocycles. The number of phosphoric ester groups is 1. The maximum atomic E-state index is 12.8. The molecular formula is C62H109NO8P+. The molecule has 0 spiro atoms. The summed E-state index contributed by atoms with van der Waals surface area (Å²) < 4.78 is 34.5. The molecular weight excluding hydrogens is 918 g/mol. The molecule has 0 aliphatic rings. The van der Waals surface area contributed by atoms with Gasteiger partial charge in [-0.3, -0.25) is 18.6 Å². The van der Waals surface area contributed by atoms with Gasteiger partial charge in [0.15, 0.2) is 6.10 Å². The monoisotopic (exact) mass is 1030 g/mol. The van der Waals surface area contributed by atoms with Crippen LogP contribution in [0.2, 0.25) is 0 Å². The molecule has 10 heteroatoms. The molecule has 0 aliphatic heterocycles. The fraction of sp³-hybridized carbons (Fsp3) is 0.710. The first kappa shape index (κ1) is 68.9. The van der Waals surface area contributed by atoms with Gasteiger partial charge in [0.2, 0.25) is 0 Å². The molecule has 0 fully saturated rings. The highest BCUT2D eigenvalue weighted by molar-refractivity contribution is 7.47. The minimum Gasteiger partial charge on any atom is -0.462 e. The van der Waals surface area contributed by atoms with Gasteiger partial charge >= 0.3 is 19.8 Å². The standard InChI is InChI=1S/C62H108NO8P/c1-6-8-10-12-14-16-18-20-22-24-25-26-27-28-29-30-31-32-33-34-35-36-37-39-41-43-45-47-49-51-53-55-62(65)71-60(59-70-72(66,67)69-57-56-63(3,4)5)58-68-61(64)54-52-50-48-46-44-42-40-38-23-21-19-17-15-13-11-9-7-2/h8-11,14-17,20-23,25-26,28-29,60H,6-7,12-13,18-19,24,27,30-59H2,1-5H3/p+1/b10-8-,11-9-,16-14-,17-15-,22-20-,23-21-,26-25-,29-28-. The Balaban J connectivity index is 4.12. The first-order valence-corrected chi connectivity index (χ1v) is 30.5. The first-order chi connectivity index (χ1) is 35.0. The number of hydrogen-bond donors (Lipinski definition) is 1. The average Bonchev–Trinajstić information content (AvgIpc) is 3.34. The fourth-order valence-corrected chi connectivity index (χ4v) is 8.45. The summed E-state index contributed by atoms with van der Waals surface area (Å²) in [6.45, 7) is 4.20. The first-order valence-electron chi connectivity index (χ1n) is 29.0. The Morgan fingerprint density at radius 2 is 0.750 bits per heavy atom. The molecule has 0 aromatic heterocycles. The van der Waals surface area contributed by atoms with E-state index in [1.807, 2.05) is 21.1 Å². The number of quaternary nitrogens is 1. The second-order valence-electron chi connectivity index (χ2n) is 20.3. The van der Waals surface area contributed by atoms with Crippen LogP contribution in [0.1, 0.15) is 232 Å². The molecule has 0 bridgehead atoms. The predicted molar refractivity (Wildman–Crippen MR) is 307 cm³/mol. The van der Waals surface area contributed by atoms with E-state index in [4.69, 9.17) is 18.5 Å². The lowest BCUT2D eigenvalue weighted by atomic mass is 10.0. The van der Waals surface area contributed by atoms with Gasteiger partial charge in [-0.25, -0.2) is 4.57 Å². The molecule has 414 valence electrons. The van der Waals surface area contributed by atoms with Crippen molar-refractivity contribution in [2.24, 2.45) is 0 Å². The number of carbonyl (C=O) groups excluding carboxylic acids is 2. The van der Waals surface area contributed by atoms with E-state index >= 15 is 0 Å². The van der Waals surface area contributed by atoms with Crippen molar-refractivity contribution in [1.82, 2.24) is 0 Å². The SMILES string of the molecule is CC/C=C\C/C=C\C/C=C\C/C=C\C/C=C\CCCCCCCCCCCCCCCCCC(=O)OC(COC(=O)CCCCCCCCC/C=C\C/C=C\C/C=C\CC)COP(=O)(O)OCC[N+](C)(C)C. The summed E-state index contributed by atoms with van der Waals surface area (Å²) in [4.78, 5) is 35.7. The number of phosphoric acid groups is 1. The molecule has 2 unspecified atom stereocenters. The van der Waals surface area contributed by atoms with E-state index in [0.29, 0.717) is 17.4 Å².